The highest BCUT2D eigenvalue weighted by Gasteiger charge is 2.18. The van der Waals surface area contributed by atoms with E-state index < -0.39 is 0 Å². The van der Waals surface area contributed by atoms with Gasteiger partial charge >= 0.3 is 0 Å². The monoisotopic (exact) mass is 411 g/mol. The van der Waals surface area contributed by atoms with Crippen LogP contribution in [0.25, 0.3) is 11.4 Å². The average Bonchev–Trinajstić information content (AvgIpc) is 2.84. The lowest BCUT2D eigenvalue weighted by Gasteiger charge is -2.12. The zero-order valence-corrected chi connectivity index (χ0v) is 17.0. The summed E-state index contributed by atoms with van der Waals surface area (Å²) in [6.07, 6.45) is 1.49. The van der Waals surface area contributed by atoms with E-state index in [0.29, 0.717) is 18.1 Å². The van der Waals surface area contributed by atoms with Gasteiger partial charge in [-0.3, -0.25) is 4.79 Å². The normalized spacial score (nSPS) is 10.4. The number of rotatable bonds is 7. The summed E-state index contributed by atoms with van der Waals surface area (Å²) in [6, 6.07) is 26.3. The third-order valence-electron chi connectivity index (χ3n) is 4.60. The van der Waals surface area contributed by atoms with Crippen molar-refractivity contribution in [2.24, 2.45) is 0 Å². The van der Waals surface area contributed by atoms with E-state index in [4.69, 9.17) is 9.47 Å². The number of carbonyl (C=O) groups excluding carboxylic acids is 1. The molecule has 0 atom stereocenters. The number of para-hydroxylation sites is 1. The molecule has 0 aliphatic rings. The minimum absolute atomic E-state index is 0.192. The van der Waals surface area contributed by atoms with Crippen molar-refractivity contribution in [3.8, 4) is 28.8 Å². The molecule has 154 valence electrons. The van der Waals surface area contributed by atoms with Gasteiger partial charge in [-0.25, -0.2) is 4.98 Å². The standard InChI is InChI=1S/C25H21N3O3/c1-30-20-14-12-19(13-15-20)23-26-17-22(24(29)27-16-18-8-4-2-5-9-18)25(28-23)31-21-10-6-3-7-11-21/h2-15,17H,16H2,1H3,(H,27,29). The summed E-state index contributed by atoms with van der Waals surface area (Å²) in [7, 11) is 1.61. The SMILES string of the molecule is COc1ccc(-c2ncc(C(=O)NCc3ccccc3)c(Oc3ccccc3)n2)cc1. The van der Waals surface area contributed by atoms with Crippen LogP contribution in [0.3, 0.4) is 0 Å². The molecule has 1 N–H and O–H groups in total. The van der Waals surface area contributed by atoms with E-state index >= 15 is 0 Å². The zero-order valence-electron chi connectivity index (χ0n) is 17.0. The van der Waals surface area contributed by atoms with Crippen LogP contribution in [0.5, 0.6) is 17.4 Å². The van der Waals surface area contributed by atoms with Crippen LogP contribution >= 0.6 is 0 Å². The second-order valence-corrected chi connectivity index (χ2v) is 6.72. The van der Waals surface area contributed by atoms with Gasteiger partial charge < -0.3 is 14.8 Å². The molecule has 0 saturated heterocycles. The molecule has 0 spiro atoms. The smallest absolute Gasteiger partial charge is 0.258 e. The number of methoxy groups -OCH3 is 1. The van der Waals surface area contributed by atoms with Crippen molar-refractivity contribution < 1.29 is 14.3 Å². The number of hydrogen-bond donors (Lipinski definition) is 1. The Morgan fingerprint density at radius 1 is 0.871 bits per heavy atom. The van der Waals surface area contributed by atoms with Crippen LogP contribution in [-0.2, 0) is 6.54 Å². The lowest BCUT2D eigenvalue weighted by molar-refractivity contribution is 0.0947. The second kappa shape index (κ2) is 9.54. The molecular formula is C25H21N3O3. The highest BCUT2D eigenvalue weighted by molar-refractivity contribution is 5.96. The maximum atomic E-state index is 12.9. The predicted octanol–water partition coefficient (Wildman–Crippen LogP) is 4.87. The van der Waals surface area contributed by atoms with Gasteiger partial charge in [0.15, 0.2) is 5.82 Å². The van der Waals surface area contributed by atoms with Gasteiger partial charge in [0.25, 0.3) is 5.91 Å². The molecule has 0 aliphatic heterocycles. The molecule has 0 saturated carbocycles. The van der Waals surface area contributed by atoms with Crippen LogP contribution in [-0.4, -0.2) is 23.0 Å². The van der Waals surface area contributed by atoms with E-state index in [-0.39, 0.29) is 17.4 Å². The molecule has 6 heteroatoms. The molecule has 0 radical (unpaired) electrons. The summed E-state index contributed by atoms with van der Waals surface area (Å²) in [5.41, 5.74) is 2.05. The van der Waals surface area contributed by atoms with Gasteiger partial charge in [-0.15, -0.1) is 0 Å². The number of nitrogens with zero attached hydrogens (tertiary/aromatic N) is 2. The first-order valence-electron chi connectivity index (χ1n) is 9.79. The Morgan fingerprint density at radius 2 is 1.55 bits per heavy atom. The van der Waals surface area contributed by atoms with Crippen molar-refractivity contribution >= 4 is 5.91 Å². The highest BCUT2D eigenvalue weighted by Crippen LogP contribution is 2.27. The van der Waals surface area contributed by atoms with Crippen LogP contribution in [0.2, 0.25) is 0 Å². The van der Waals surface area contributed by atoms with Gasteiger partial charge in [0.05, 0.1) is 7.11 Å². The first-order chi connectivity index (χ1) is 15.2. The maximum Gasteiger partial charge on any atom is 0.258 e. The molecule has 31 heavy (non-hydrogen) atoms. The van der Waals surface area contributed by atoms with E-state index in [0.717, 1.165) is 16.9 Å². The Morgan fingerprint density at radius 3 is 2.23 bits per heavy atom. The maximum absolute atomic E-state index is 12.9. The molecule has 0 aliphatic carbocycles. The summed E-state index contributed by atoms with van der Waals surface area (Å²) in [5, 5.41) is 2.90. The van der Waals surface area contributed by atoms with Crippen molar-refractivity contribution in [2.75, 3.05) is 7.11 Å². The first-order valence-corrected chi connectivity index (χ1v) is 9.79. The number of aromatic nitrogens is 2. The Hall–Kier alpha value is -4.19. The van der Waals surface area contributed by atoms with E-state index in [2.05, 4.69) is 15.3 Å². The number of nitrogens with one attached hydrogen (secondary N) is 1. The zero-order chi connectivity index (χ0) is 21.5. The minimum Gasteiger partial charge on any atom is -0.497 e. The molecular weight excluding hydrogens is 390 g/mol. The number of carbonyl (C=O) groups is 1. The summed E-state index contributed by atoms with van der Waals surface area (Å²) in [6.45, 7) is 0.394. The fraction of sp³-hybridized carbons (Fsp3) is 0.0800. The summed E-state index contributed by atoms with van der Waals surface area (Å²) >= 11 is 0. The summed E-state index contributed by atoms with van der Waals surface area (Å²) in [4.78, 5) is 21.8. The summed E-state index contributed by atoms with van der Waals surface area (Å²) < 4.78 is 11.2. The second-order valence-electron chi connectivity index (χ2n) is 6.72. The third-order valence-corrected chi connectivity index (χ3v) is 4.60. The molecule has 4 aromatic rings. The van der Waals surface area contributed by atoms with Crippen molar-refractivity contribution in [3.63, 3.8) is 0 Å². The topological polar surface area (TPSA) is 73.3 Å². The lowest BCUT2D eigenvalue weighted by atomic mass is 10.2. The fourth-order valence-electron chi connectivity index (χ4n) is 2.95. The van der Waals surface area contributed by atoms with Crippen LogP contribution < -0.4 is 14.8 Å². The van der Waals surface area contributed by atoms with Crippen molar-refractivity contribution in [2.45, 2.75) is 6.54 Å². The number of amides is 1. The Labute approximate surface area is 180 Å². The van der Waals surface area contributed by atoms with Crippen molar-refractivity contribution in [3.05, 3.63) is 102 Å². The predicted molar refractivity (Wildman–Crippen MR) is 118 cm³/mol. The van der Waals surface area contributed by atoms with Crippen molar-refractivity contribution in [1.82, 2.24) is 15.3 Å². The molecule has 1 heterocycles. The molecule has 0 bridgehead atoms. The molecule has 0 unspecified atom stereocenters. The van der Waals surface area contributed by atoms with Gasteiger partial charge in [0.1, 0.15) is 17.1 Å². The van der Waals surface area contributed by atoms with Gasteiger partial charge in [0, 0.05) is 18.3 Å². The van der Waals surface area contributed by atoms with E-state index in [1.807, 2.05) is 72.8 Å². The Kier molecular flexibility index (Phi) is 6.18. The van der Waals surface area contributed by atoms with E-state index in [1.54, 1.807) is 19.2 Å². The minimum atomic E-state index is -0.309. The largest absolute Gasteiger partial charge is 0.497 e. The first kappa shape index (κ1) is 20.1. The van der Waals surface area contributed by atoms with E-state index in [9.17, 15) is 4.79 Å². The molecule has 1 amide bonds. The average molecular weight is 411 g/mol. The van der Waals surface area contributed by atoms with Gasteiger partial charge in [-0.1, -0.05) is 48.5 Å². The van der Waals surface area contributed by atoms with Gasteiger partial charge in [-0.05, 0) is 42.0 Å². The molecule has 1 aromatic heterocycles. The Balaban J connectivity index is 1.63. The van der Waals surface area contributed by atoms with Gasteiger partial charge in [-0.2, -0.15) is 4.98 Å². The highest BCUT2D eigenvalue weighted by atomic mass is 16.5. The number of ether oxygens (including phenoxy) is 2. The van der Waals surface area contributed by atoms with Crippen LogP contribution in [0.4, 0.5) is 0 Å². The molecule has 0 fully saturated rings. The molecule has 6 nitrogen and oxygen atoms in total. The molecule has 3 aromatic carbocycles. The quantitative estimate of drug-likeness (QED) is 0.469. The van der Waals surface area contributed by atoms with Crippen LogP contribution in [0.15, 0.2) is 91.1 Å². The van der Waals surface area contributed by atoms with E-state index in [1.165, 1.54) is 6.20 Å². The number of hydrogen-bond acceptors (Lipinski definition) is 5. The Bertz CT molecular complexity index is 1150. The van der Waals surface area contributed by atoms with Crippen LogP contribution in [0.1, 0.15) is 15.9 Å². The number of benzene rings is 3. The molecule has 4 rings (SSSR count). The lowest BCUT2D eigenvalue weighted by Crippen LogP contribution is -2.24. The summed E-state index contributed by atoms with van der Waals surface area (Å²) in [5.74, 6) is 1.65. The third kappa shape index (κ3) is 5.05. The van der Waals surface area contributed by atoms with Crippen molar-refractivity contribution in [1.29, 1.82) is 0 Å². The van der Waals surface area contributed by atoms with Gasteiger partial charge in [0.2, 0.25) is 5.88 Å². The fourth-order valence-corrected chi connectivity index (χ4v) is 2.95. The van der Waals surface area contributed by atoms with Crippen LogP contribution in [0, 0.1) is 0 Å².